The van der Waals surface area contributed by atoms with Crippen molar-refractivity contribution in [2.24, 2.45) is 0 Å². The lowest BCUT2D eigenvalue weighted by Crippen LogP contribution is -2.14. The lowest BCUT2D eigenvalue weighted by Gasteiger charge is -2.26. The molecule has 3 heteroatoms. The Morgan fingerprint density at radius 1 is 0.882 bits per heavy atom. The van der Waals surface area contributed by atoms with Gasteiger partial charge < -0.3 is 4.74 Å². The van der Waals surface area contributed by atoms with Gasteiger partial charge in [0.2, 0.25) is 0 Å². The highest BCUT2D eigenvalue weighted by atomic mass is 31.2. The zero-order chi connectivity index (χ0) is 13.0. The summed E-state index contributed by atoms with van der Waals surface area (Å²) in [6.45, 7) is 7.37. The molecule has 0 saturated carbocycles. The summed E-state index contributed by atoms with van der Waals surface area (Å²) in [5.74, 6) is 0. The van der Waals surface area contributed by atoms with Crippen LogP contribution in [0.4, 0.5) is 0 Å². The lowest BCUT2D eigenvalue weighted by molar-refractivity contribution is -0.126. The van der Waals surface area contributed by atoms with Crippen LogP contribution >= 0.6 is 7.26 Å². The molecule has 0 N–H and O–H groups in total. The Balaban J connectivity index is 4.44. The minimum absolute atomic E-state index is 0.637. The Hall–Kier alpha value is -0.100. The van der Waals surface area contributed by atoms with Crippen LogP contribution in [0.15, 0.2) is 0 Å². The van der Waals surface area contributed by atoms with Gasteiger partial charge >= 0.3 is 0 Å². The van der Waals surface area contributed by atoms with E-state index in [9.17, 15) is 4.79 Å². The summed E-state index contributed by atoms with van der Waals surface area (Å²) >= 11 is 0. The van der Waals surface area contributed by atoms with E-state index < -0.39 is 7.26 Å². The van der Waals surface area contributed by atoms with Crippen molar-refractivity contribution in [3.63, 3.8) is 0 Å². The summed E-state index contributed by atoms with van der Waals surface area (Å²) in [6.07, 6.45) is 12.3. The Morgan fingerprint density at radius 2 is 1.29 bits per heavy atom. The largest absolute Gasteiger partial charge is 0.432 e. The van der Waals surface area contributed by atoms with Crippen molar-refractivity contribution in [3.05, 3.63) is 0 Å². The molecule has 0 aromatic carbocycles. The first kappa shape index (κ1) is 16.9. The van der Waals surface area contributed by atoms with Gasteiger partial charge in [-0.15, -0.1) is 0 Å². The van der Waals surface area contributed by atoms with E-state index in [0.29, 0.717) is 6.47 Å². The fourth-order valence-corrected chi connectivity index (χ4v) is 6.59. The van der Waals surface area contributed by atoms with E-state index >= 15 is 0 Å². The van der Waals surface area contributed by atoms with E-state index in [2.05, 4.69) is 20.8 Å². The van der Waals surface area contributed by atoms with Crippen LogP contribution in [0.25, 0.3) is 0 Å². The maximum atomic E-state index is 10.5. The second-order valence-electron chi connectivity index (χ2n) is 4.97. The Morgan fingerprint density at radius 3 is 1.59 bits per heavy atom. The molecule has 0 rings (SSSR count). The van der Waals surface area contributed by atoms with Crippen molar-refractivity contribution >= 4 is 13.7 Å². The molecule has 0 heterocycles. The molecule has 0 atom stereocenters. The molecule has 0 aromatic rings. The van der Waals surface area contributed by atoms with E-state index in [1.54, 1.807) is 0 Å². The summed E-state index contributed by atoms with van der Waals surface area (Å²) in [5, 5.41) is 0. The predicted octanol–water partition coefficient (Wildman–Crippen LogP) is 4.53. The number of ether oxygens (including phenoxy) is 1. The molecule has 0 radical (unpaired) electrons. The predicted molar refractivity (Wildman–Crippen MR) is 78.3 cm³/mol. The van der Waals surface area contributed by atoms with E-state index in [1.807, 2.05) is 0 Å². The average molecular weight is 261 g/mol. The number of rotatable bonds is 12. The highest BCUT2D eigenvalue weighted by molar-refractivity contribution is 7.75. The molecule has 0 spiro atoms. The fourth-order valence-electron chi connectivity index (χ4n) is 2.20. The first-order valence-electron chi connectivity index (χ1n) is 7.15. The first-order chi connectivity index (χ1) is 8.24. The molecule has 0 saturated heterocycles. The van der Waals surface area contributed by atoms with E-state index in [4.69, 9.17) is 4.74 Å². The quantitative estimate of drug-likeness (QED) is 0.381. The number of carbonyl (C=O) groups is 1. The third kappa shape index (κ3) is 7.76. The zero-order valence-electron chi connectivity index (χ0n) is 11.9. The Kier molecular flexibility index (Phi) is 11.0. The van der Waals surface area contributed by atoms with Crippen molar-refractivity contribution in [3.8, 4) is 0 Å². The van der Waals surface area contributed by atoms with Crippen LogP contribution in [-0.2, 0) is 9.53 Å². The van der Waals surface area contributed by atoms with E-state index in [-0.39, 0.29) is 0 Å². The zero-order valence-corrected chi connectivity index (χ0v) is 12.8. The minimum Gasteiger partial charge on any atom is -0.432 e. The van der Waals surface area contributed by atoms with Crippen molar-refractivity contribution in [2.45, 2.75) is 59.3 Å². The maximum absolute atomic E-state index is 10.5. The van der Waals surface area contributed by atoms with Crippen LogP contribution in [0.2, 0.25) is 0 Å². The van der Waals surface area contributed by atoms with Gasteiger partial charge in [0.05, 0.1) is 25.7 Å². The van der Waals surface area contributed by atoms with Crippen molar-refractivity contribution < 1.29 is 9.53 Å². The number of hydrogen-bond donors (Lipinski definition) is 0. The second-order valence-corrected chi connectivity index (χ2v) is 9.25. The summed E-state index contributed by atoms with van der Waals surface area (Å²) < 4.78 is 5.16. The standard InChI is InChI=1S/C14H30O2P/c1-4-7-10-17(11-8-5-2,12-9-6-3)14-16-13-15/h13H,4-12,14H2,1-3H3/q+1. The summed E-state index contributed by atoms with van der Waals surface area (Å²) in [6, 6.07) is 0. The molecule has 102 valence electrons. The molecule has 2 nitrogen and oxygen atoms in total. The molecule has 0 unspecified atom stereocenters. The van der Waals surface area contributed by atoms with Crippen molar-refractivity contribution in [1.29, 1.82) is 0 Å². The molecule has 0 aliphatic rings. The van der Waals surface area contributed by atoms with Crippen LogP contribution in [-0.4, -0.2) is 31.3 Å². The first-order valence-corrected chi connectivity index (χ1v) is 9.68. The number of unbranched alkanes of at least 4 members (excludes halogenated alkanes) is 3. The van der Waals surface area contributed by atoms with Crippen LogP contribution in [0.1, 0.15) is 59.3 Å². The minimum atomic E-state index is -1.02. The Bertz CT molecular complexity index is 161. The van der Waals surface area contributed by atoms with Gasteiger partial charge in [0.1, 0.15) is 0 Å². The van der Waals surface area contributed by atoms with Gasteiger partial charge in [-0.25, -0.2) is 0 Å². The molecular formula is C14H30O2P+. The number of hydrogen-bond acceptors (Lipinski definition) is 2. The normalized spacial score (nSPS) is 11.5. The third-order valence-electron chi connectivity index (χ3n) is 3.37. The molecule has 0 fully saturated rings. The average Bonchev–Trinajstić information content (AvgIpc) is 2.37. The molecule has 17 heavy (non-hydrogen) atoms. The smallest absolute Gasteiger partial charge is 0.296 e. The maximum Gasteiger partial charge on any atom is 0.296 e. The van der Waals surface area contributed by atoms with Gasteiger partial charge in [-0.05, 0) is 19.3 Å². The molecule has 0 aliphatic carbocycles. The van der Waals surface area contributed by atoms with Crippen LogP contribution in [0, 0.1) is 0 Å². The highest BCUT2D eigenvalue weighted by Crippen LogP contribution is 2.60. The highest BCUT2D eigenvalue weighted by Gasteiger charge is 2.36. The Labute approximate surface area is 108 Å². The molecule has 0 aromatic heterocycles. The molecule has 0 bridgehead atoms. The van der Waals surface area contributed by atoms with Gasteiger partial charge in [0.15, 0.2) is 6.35 Å². The van der Waals surface area contributed by atoms with Crippen LogP contribution in [0.5, 0.6) is 0 Å². The van der Waals surface area contributed by atoms with Gasteiger partial charge in [-0.1, -0.05) is 40.0 Å². The number of carbonyl (C=O) groups excluding carboxylic acids is 1. The van der Waals surface area contributed by atoms with Gasteiger partial charge in [0, 0.05) is 0 Å². The van der Waals surface area contributed by atoms with Gasteiger partial charge in [-0.3, -0.25) is 4.79 Å². The molecule has 0 amide bonds. The molecular weight excluding hydrogens is 231 g/mol. The SMILES string of the molecule is CCCC[P+](CCCC)(CCCC)COC=O. The topological polar surface area (TPSA) is 26.3 Å². The van der Waals surface area contributed by atoms with E-state index in [1.165, 1.54) is 57.0 Å². The van der Waals surface area contributed by atoms with Crippen LogP contribution < -0.4 is 0 Å². The van der Waals surface area contributed by atoms with Crippen molar-refractivity contribution in [1.82, 2.24) is 0 Å². The third-order valence-corrected chi connectivity index (χ3v) is 7.87. The fraction of sp³-hybridized carbons (Fsp3) is 0.929. The monoisotopic (exact) mass is 261 g/mol. The molecule has 0 aliphatic heterocycles. The second kappa shape index (κ2) is 11.0. The van der Waals surface area contributed by atoms with E-state index in [0.717, 1.165) is 6.35 Å². The summed E-state index contributed by atoms with van der Waals surface area (Å²) in [4.78, 5) is 10.5. The van der Waals surface area contributed by atoms with Gasteiger partial charge in [0.25, 0.3) is 6.47 Å². The van der Waals surface area contributed by atoms with Gasteiger partial charge in [-0.2, -0.15) is 0 Å². The summed E-state index contributed by atoms with van der Waals surface area (Å²) in [5.41, 5.74) is 0. The van der Waals surface area contributed by atoms with Crippen molar-refractivity contribution in [2.75, 3.05) is 24.8 Å². The van der Waals surface area contributed by atoms with Crippen LogP contribution in [0.3, 0.4) is 0 Å². The summed E-state index contributed by atoms with van der Waals surface area (Å²) in [7, 11) is -1.02. The lowest BCUT2D eigenvalue weighted by atomic mass is 10.4.